The Hall–Kier alpha value is -1.85. The molecule has 0 spiro atoms. The quantitative estimate of drug-likeness (QED) is 0.777. The van der Waals surface area contributed by atoms with Crippen LogP contribution in [0, 0.1) is 0 Å². The maximum atomic E-state index is 6.27. The molecule has 23 heavy (non-hydrogen) atoms. The number of hydrogen-bond acceptors (Lipinski definition) is 4. The van der Waals surface area contributed by atoms with E-state index in [1.165, 1.54) is 6.42 Å². The fraction of sp³-hybridized carbons (Fsp3) is 0.312. The van der Waals surface area contributed by atoms with Crippen LogP contribution in [-0.2, 0) is 6.54 Å². The smallest absolute Gasteiger partial charge is 0.166 e. The lowest BCUT2D eigenvalue weighted by atomic mass is 9.85. The molecule has 4 rings (SSSR count). The maximum absolute atomic E-state index is 6.27. The Morgan fingerprint density at radius 1 is 1.17 bits per heavy atom. The van der Waals surface area contributed by atoms with Crippen molar-refractivity contribution in [2.45, 2.75) is 31.7 Å². The number of aromatic nitrogens is 4. The summed E-state index contributed by atoms with van der Waals surface area (Å²) in [6.45, 7) is 0.477. The number of imidazole rings is 1. The zero-order valence-corrected chi connectivity index (χ0v) is 13.8. The van der Waals surface area contributed by atoms with Crippen LogP contribution in [0.1, 0.15) is 36.6 Å². The minimum absolute atomic E-state index is 0.402. The van der Waals surface area contributed by atoms with Gasteiger partial charge in [0.15, 0.2) is 17.3 Å². The average molecular weight is 348 g/mol. The summed E-state index contributed by atoms with van der Waals surface area (Å²) in [4.78, 5) is 13.5. The van der Waals surface area contributed by atoms with Crippen molar-refractivity contribution in [3.63, 3.8) is 0 Å². The fourth-order valence-electron chi connectivity index (χ4n) is 2.79. The second-order valence-electron chi connectivity index (χ2n) is 5.84. The number of nitrogens with two attached hydrogens (primary N) is 1. The summed E-state index contributed by atoms with van der Waals surface area (Å²) in [6, 6.07) is 5.47. The van der Waals surface area contributed by atoms with Gasteiger partial charge in [-0.05, 0) is 25.0 Å². The Morgan fingerprint density at radius 3 is 2.57 bits per heavy atom. The molecule has 0 bridgehead atoms. The molecule has 1 aromatic carbocycles. The first-order valence-electron chi connectivity index (χ1n) is 7.54. The Labute approximate surface area is 143 Å². The molecular weight excluding hydrogens is 333 g/mol. The number of hydrogen-bond donors (Lipinski definition) is 1. The van der Waals surface area contributed by atoms with Crippen LogP contribution < -0.4 is 5.73 Å². The van der Waals surface area contributed by atoms with Crippen molar-refractivity contribution < 1.29 is 0 Å². The molecule has 0 unspecified atom stereocenters. The molecule has 1 aromatic rings. The summed E-state index contributed by atoms with van der Waals surface area (Å²) >= 11 is 12.5. The van der Waals surface area contributed by atoms with E-state index in [1.807, 2.05) is 22.8 Å². The predicted molar refractivity (Wildman–Crippen MR) is 91.0 cm³/mol. The molecule has 1 fully saturated rings. The van der Waals surface area contributed by atoms with Gasteiger partial charge in [-0.3, -0.25) is 0 Å². The lowest BCUT2D eigenvalue weighted by Gasteiger charge is -2.21. The molecule has 3 aliphatic rings. The first-order chi connectivity index (χ1) is 11.1. The highest BCUT2D eigenvalue weighted by atomic mass is 35.5. The van der Waals surface area contributed by atoms with Gasteiger partial charge in [-0.1, -0.05) is 35.7 Å². The van der Waals surface area contributed by atoms with E-state index in [0.717, 1.165) is 30.1 Å². The lowest BCUT2D eigenvalue weighted by Crippen LogP contribution is -2.10. The van der Waals surface area contributed by atoms with Crippen LogP contribution in [0.5, 0.6) is 0 Å². The van der Waals surface area contributed by atoms with Crippen molar-refractivity contribution in [3.8, 4) is 11.5 Å². The lowest BCUT2D eigenvalue weighted by molar-refractivity contribution is 0.404. The van der Waals surface area contributed by atoms with Crippen molar-refractivity contribution in [1.82, 2.24) is 19.5 Å². The minimum atomic E-state index is 0.402. The van der Waals surface area contributed by atoms with E-state index in [9.17, 15) is 0 Å². The van der Waals surface area contributed by atoms with Crippen LogP contribution in [0.4, 0.5) is 5.82 Å². The second-order valence-corrected chi connectivity index (χ2v) is 6.65. The van der Waals surface area contributed by atoms with E-state index in [4.69, 9.17) is 33.9 Å². The minimum Gasteiger partial charge on any atom is -0.382 e. The first-order valence-corrected chi connectivity index (χ1v) is 8.30. The van der Waals surface area contributed by atoms with Gasteiger partial charge in [0.1, 0.15) is 5.82 Å². The largest absolute Gasteiger partial charge is 0.382 e. The molecule has 7 heteroatoms. The van der Waals surface area contributed by atoms with Gasteiger partial charge >= 0.3 is 0 Å². The number of halogens is 2. The van der Waals surface area contributed by atoms with Gasteiger partial charge in [-0.25, -0.2) is 15.0 Å². The summed E-state index contributed by atoms with van der Waals surface area (Å²) < 4.78 is 1.90. The molecular formula is C16H15Cl2N5. The van der Waals surface area contributed by atoms with Gasteiger partial charge < -0.3 is 10.3 Å². The van der Waals surface area contributed by atoms with Gasteiger partial charge in [-0.15, -0.1) is 0 Å². The Kier molecular flexibility index (Phi) is 3.62. The summed E-state index contributed by atoms with van der Waals surface area (Å²) in [5.41, 5.74) is 7.46. The van der Waals surface area contributed by atoms with Gasteiger partial charge in [-0.2, -0.15) is 0 Å². The molecule has 0 radical (unpaired) electrons. The van der Waals surface area contributed by atoms with Crippen molar-refractivity contribution in [1.29, 1.82) is 0 Å². The van der Waals surface area contributed by atoms with E-state index in [0.29, 0.717) is 34.0 Å². The van der Waals surface area contributed by atoms with Crippen molar-refractivity contribution in [2.75, 3.05) is 5.73 Å². The normalized spacial score (nSPS) is 15.0. The van der Waals surface area contributed by atoms with Gasteiger partial charge in [0, 0.05) is 21.5 Å². The standard InChI is InChI=1S/C16H15Cl2N5/c17-11-5-2-6-12(18)10(11)7-23-8-20-14(19)13-16(23)22-15(21-13)9-3-1-4-9/h2,5-6,8-9H,1,3-4,7,19H2. The molecule has 0 saturated heterocycles. The number of benzene rings is 1. The van der Waals surface area contributed by atoms with Gasteiger partial charge in [0.25, 0.3) is 0 Å². The second kappa shape index (κ2) is 5.65. The molecule has 1 aliphatic carbocycles. The number of nitrogens with zero attached hydrogens (tertiary/aromatic N) is 4. The molecule has 0 aromatic heterocycles. The van der Waals surface area contributed by atoms with Crippen LogP contribution >= 0.6 is 23.2 Å². The van der Waals surface area contributed by atoms with E-state index in [-0.39, 0.29) is 0 Å². The highest BCUT2D eigenvalue weighted by molar-refractivity contribution is 6.35. The molecule has 2 aliphatic heterocycles. The van der Waals surface area contributed by atoms with Crippen LogP contribution in [0.25, 0.3) is 11.5 Å². The Morgan fingerprint density at radius 2 is 1.91 bits per heavy atom. The topological polar surface area (TPSA) is 69.6 Å². The SMILES string of the molecule is Nc1ncn(Cc2c(Cl)cccc2Cl)c2nc(C3CCC3)nc1-2. The third-order valence-electron chi connectivity index (χ3n) is 4.37. The number of nitrogen functional groups attached to an aromatic ring is 1. The summed E-state index contributed by atoms with van der Waals surface area (Å²) in [6.07, 6.45) is 5.18. The van der Waals surface area contributed by atoms with E-state index in [2.05, 4.69) is 9.97 Å². The molecule has 5 nitrogen and oxygen atoms in total. The number of rotatable bonds is 3. The van der Waals surface area contributed by atoms with Gasteiger partial charge in [0.05, 0.1) is 12.9 Å². The first kappa shape index (κ1) is 14.7. The van der Waals surface area contributed by atoms with E-state index >= 15 is 0 Å². The highest BCUT2D eigenvalue weighted by Gasteiger charge is 2.27. The van der Waals surface area contributed by atoms with Crippen LogP contribution in [0.15, 0.2) is 24.5 Å². The van der Waals surface area contributed by atoms with Gasteiger partial charge in [0.2, 0.25) is 0 Å². The monoisotopic (exact) mass is 347 g/mol. The molecule has 2 N–H and O–H groups in total. The molecule has 0 amide bonds. The summed E-state index contributed by atoms with van der Waals surface area (Å²) in [7, 11) is 0. The van der Waals surface area contributed by atoms with E-state index < -0.39 is 0 Å². The zero-order chi connectivity index (χ0) is 16.0. The zero-order valence-electron chi connectivity index (χ0n) is 12.3. The number of fused-ring (bicyclic) bond motifs is 1. The van der Waals surface area contributed by atoms with Crippen molar-refractivity contribution in [2.24, 2.45) is 0 Å². The Bertz CT molecular complexity index is 820. The molecule has 0 atom stereocenters. The van der Waals surface area contributed by atoms with Crippen LogP contribution in [-0.4, -0.2) is 19.5 Å². The molecule has 1 saturated carbocycles. The van der Waals surface area contributed by atoms with Crippen molar-refractivity contribution in [3.05, 3.63) is 46.0 Å². The Balaban J connectivity index is 1.78. The van der Waals surface area contributed by atoms with Crippen molar-refractivity contribution >= 4 is 29.0 Å². The van der Waals surface area contributed by atoms with Crippen LogP contribution in [0.3, 0.4) is 0 Å². The molecule has 2 heterocycles. The third-order valence-corrected chi connectivity index (χ3v) is 5.08. The fourth-order valence-corrected chi connectivity index (χ4v) is 3.31. The van der Waals surface area contributed by atoms with Crippen LogP contribution in [0.2, 0.25) is 10.0 Å². The van der Waals surface area contributed by atoms with E-state index in [1.54, 1.807) is 6.33 Å². The number of anilines is 1. The third kappa shape index (κ3) is 2.54. The maximum Gasteiger partial charge on any atom is 0.166 e. The average Bonchev–Trinajstić information content (AvgIpc) is 2.89. The predicted octanol–water partition coefficient (Wildman–Crippen LogP) is 3.98. The highest BCUT2D eigenvalue weighted by Crippen LogP contribution is 2.37. The summed E-state index contributed by atoms with van der Waals surface area (Å²) in [5, 5.41) is 1.24. The summed E-state index contributed by atoms with van der Waals surface area (Å²) in [5.74, 6) is 2.44. The molecule has 118 valence electrons.